The second-order valence-corrected chi connectivity index (χ2v) is 6.18. The van der Waals surface area contributed by atoms with Crippen LogP contribution in [0.4, 0.5) is 0 Å². The molecule has 0 heteroatoms. The second-order valence-electron chi connectivity index (χ2n) is 6.18. The molecular formula is C23H16. The van der Waals surface area contributed by atoms with Crippen LogP contribution < -0.4 is 0 Å². The topological polar surface area (TPSA) is 0 Å². The molecule has 108 valence electrons. The van der Waals surface area contributed by atoms with Gasteiger partial charge >= 0.3 is 0 Å². The first kappa shape index (κ1) is 12.7. The first-order valence-electron chi connectivity index (χ1n) is 8.09. The van der Waals surface area contributed by atoms with Crippen molar-refractivity contribution < 1.29 is 0 Å². The predicted molar refractivity (Wildman–Crippen MR) is 96.8 cm³/mol. The van der Waals surface area contributed by atoms with Gasteiger partial charge in [-0.2, -0.15) is 0 Å². The molecule has 0 nitrogen and oxygen atoms in total. The van der Waals surface area contributed by atoms with Gasteiger partial charge in [0.15, 0.2) is 0 Å². The normalized spacial score (nSPS) is 13.0. The van der Waals surface area contributed by atoms with Gasteiger partial charge < -0.3 is 0 Å². The molecule has 0 heterocycles. The van der Waals surface area contributed by atoms with Crippen molar-refractivity contribution in [3.05, 3.63) is 108 Å². The van der Waals surface area contributed by atoms with Crippen molar-refractivity contribution in [3.63, 3.8) is 0 Å². The van der Waals surface area contributed by atoms with E-state index in [1.807, 2.05) is 0 Å². The van der Waals surface area contributed by atoms with Gasteiger partial charge in [0.2, 0.25) is 0 Å². The minimum Gasteiger partial charge on any atom is -0.0619 e. The molecule has 0 aromatic heterocycles. The molecule has 0 bridgehead atoms. The van der Waals surface area contributed by atoms with Gasteiger partial charge in [0, 0.05) is 5.92 Å². The van der Waals surface area contributed by atoms with Crippen LogP contribution in [0.5, 0.6) is 0 Å². The van der Waals surface area contributed by atoms with Crippen LogP contribution in [0.2, 0.25) is 0 Å². The van der Waals surface area contributed by atoms with E-state index in [0.717, 1.165) is 0 Å². The molecule has 0 spiro atoms. The lowest BCUT2D eigenvalue weighted by molar-refractivity contribution is 1.03. The Hall–Kier alpha value is -2.86. The third-order valence-electron chi connectivity index (χ3n) is 4.97. The summed E-state index contributed by atoms with van der Waals surface area (Å²) >= 11 is 0. The van der Waals surface area contributed by atoms with Crippen molar-refractivity contribution in [2.24, 2.45) is 0 Å². The van der Waals surface area contributed by atoms with E-state index < -0.39 is 0 Å². The zero-order valence-corrected chi connectivity index (χ0v) is 12.7. The van der Waals surface area contributed by atoms with E-state index in [1.165, 1.54) is 38.6 Å². The number of hydrogen-bond donors (Lipinski definition) is 0. The van der Waals surface area contributed by atoms with Gasteiger partial charge in [-0.1, -0.05) is 91.0 Å². The molecule has 5 rings (SSSR count). The fraction of sp³-hybridized carbons (Fsp3) is 0.0435. The van der Waals surface area contributed by atoms with Crippen LogP contribution in [0.3, 0.4) is 0 Å². The first-order chi connectivity index (χ1) is 11.4. The Morgan fingerprint density at radius 2 is 0.957 bits per heavy atom. The molecule has 0 radical (unpaired) electrons. The Bertz CT molecular complexity index is 976. The van der Waals surface area contributed by atoms with Gasteiger partial charge in [-0.05, 0) is 38.6 Å². The molecule has 23 heavy (non-hydrogen) atoms. The van der Waals surface area contributed by atoms with E-state index in [9.17, 15) is 0 Å². The zero-order valence-electron chi connectivity index (χ0n) is 12.7. The quantitative estimate of drug-likeness (QED) is 0.355. The highest BCUT2D eigenvalue weighted by atomic mass is 14.3. The van der Waals surface area contributed by atoms with Crippen LogP contribution in [-0.4, -0.2) is 0 Å². The maximum absolute atomic E-state index is 2.28. The highest BCUT2D eigenvalue weighted by Crippen LogP contribution is 2.48. The summed E-state index contributed by atoms with van der Waals surface area (Å²) < 4.78 is 0. The maximum Gasteiger partial charge on any atom is 0.0358 e. The van der Waals surface area contributed by atoms with Crippen molar-refractivity contribution in [2.75, 3.05) is 0 Å². The van der Waals surface area contributed by atoms with Crippen LogP contribution in [0, 0.1) is 0 Å². The van der Waals surface area contributed by atoms with Crippen molar-refractivity contribution in [1.29, 1.82) is 0 Å². The van der Waals surface area contributed by atoms with Gasteiger partial charge in [0.1, 0.15) is 0 Å². The molecule has 0 unspecified atom stereocenters. The first-order valence-corrected chi connectivity index (χ1v) is 8.09. The molecule has 0 atom stereocenters. The van der Waals surface area contributed by atoms with Gasteiger partial charge in [-0.15, -0.1) is 0 Å². The molecular weight excluding hydrogens is 276 g/mol. The van der Waals surface area contributed by atoms with E-state index in [2.05, 4.69) is 91.0 Å². The SMILES string of the molecule is c1ccc2c(c1)-c1ccccc1C2c1cccc2ccccc12. The summed E-state index contributed by atoms with van der Waals surface area (Å²) in [6, 6.07) is 33.0. The van der Waals surface area contributed by atoms with Gasteiger partial charge in [-0.3, -0.25) is 0 Å². The molecule has 1 aliphatic rings. The standard InChI is InChI=1S/C23H16/c1-2-10-17-16(8-1)9-7-15-20(17)23-21-13-5-3-11-18(21)19-12-4-6-14-22(19)23/h1-15,23H. The third kappa shape index (κ3) is 1.78. The van der Waals surface area contributed by atoms with Gasteiger partial charge in [0.25, 0.3) is 0 Å². The summed E-state index contributed by atoms with van der Waals surface area (Å²) in [7, 11) is 0. The molecule has 0 saturated carbocycles. The van der Waals surface area contributed by atoms with Crippen LogP contribution in [0.1, 0.15) is 22.6 Å². The fourth-order valence-electron chi connectivity index (χ4n) is 3.99. The largest absolute Gasteiger partial charge is 0.0619 e. The molecule has 1 aliphatic carbocycles. The van der Waals surface area contributed by atoms with Crippen LogP contribution >= 0.6 is 0 Å². The Kier molecular flexibility index (Phi) is 2.65. The molecule has 0 amide bonds. The van der Waals surface area contributed by atoms with Crippen molar-refractivity contribution in [2.45, 2.75) is 5.92 Å². The summed E-state index contributed by atoms with van der Waals surface area (Å²) in [5.74, 6) is 0.327. The van der Waals surface area contributed by atoms with Crippen LogP contribution in [0.15, 0.2) is 91.0 Å². The summed E-state index contributed by atoms with van der Waals surface area (Å²) in [5.41, 5.74) is 7.00. The summed E-state index contributed by atoms with van der Waals surface area (Å²) in [4.78, 5) is 0. The lowest BCUT2D eigenvalue weighted by atomic mass is 9.86. The molecule has 0 aliphatic heterocycles. The average Bonchev–Trinajstić information content (AvgIpc) is 2.96. The Morgan fingerprint density at radius 1 is 0.435 bits per heavy atom. The van der Waals surface area contributed by atoms with E-state index in [4.69, 9.17) is 0 Å². The van der Waals surface area contributed by atoms with Crippen molar-refractivity contribution in [3.8, 4) is 11.1 Å². The van der Waals surface area contributed by atoms with E-state index >= 15 is 0 Å². The van der Waals surface area contributed by atoms with E-state index in [0.29, 0.717) is 5.92 Å². The van der Waals surface area contributed by atoms with Gasteiger partial charge in [-0.25, -0.2) is 0 Å². The fourth-order valence-corrected chi connectivity index (χ4v) is 3.99. The monoisotopic (exact) mass is 292 g/mol. The zero-order chi connectivity index (χ0) is 15.2. The molecule has 4 aromatic carbocycles. The lowest BCUT2D eigenvalue weighted by Gasteiger charge is -2.17. The molecule has 0 fully saturated rings. The Labute approximate surface area is 136 Å². The van der Waals surface area contributed by atoms with Crippen LogP contribution in [0.25, 0.3) is 21.9 Å². The highest BCUT2D eigenvalue weighted by Gasteiger charge is 2.29. The maximum atomic E-state index is 2.28. The van der Waals surface area contributed by atoms with Gasteiger partial charge in [0.05, 0.1) is 0 Å². The number of hydrogen-bond acceptors (Lipinski definition) is 0. The summed E-state index contributed by atoms with van der Waals surface area (Å²) in [6.07, 6.45) is 0. The highest BCUT2D eigenvalue weighted by molar-refractivity contribution is 5.90. The Balaban J connectivity index is 1.86. The molecule has 0 saturated heterocycles. The predicted octanol–water partition coefficient (Wildman–Crippen LogP) is 6.00. The number of rotatable bonds is 1. The minimum absolute atomic E-state index is 0.327. The molecule has 4 aromatic rings. The minimum atomic E-state index is 0.327. The van der Waals surface area contributed by atoms with E-state index in [1.54, 1.807) is 0 Å². The van der Waals surface area contributed by atoms with Crippen molar-refractivity contribution >= 4 is 10.8 Å². The molecule has 0 N–H and O–H groups in total. The van der Waals surface area contributed by atoms with Crippen LogP contribution in [-0.2, 0) is 0 Å². The summed E-state index contributed by atoms with van der Waals surface area (Å²) in [6.45, 7) is 0. The number of benzene rings is 4. The smallest absolute Gasteiger partial charge is 0.0358 e. The lowest BCUT2D eigenvalue weighted by Crippen LogP contribution is -2.00. The number of fused-ring (bicyclic) bond motifs is 4. The summed E-state index contributed by atoms with van der Waals surface area (Å²) in [5, 5.41) is 2.67. The van der Waals surface area contributed by atoms with E-state index in [-0.39, 0.29) is 0 Å². The Morgan fingerprint density at radius 3 is 1.70 bits per heavy atom. The second kappa shape index (κ2) is 4.82. The third-order valence-corrected chi connectivity index (χ3v) is 4.97. The average molecular weight is 292 g/mol. The van der Waals surface area contributed by atoms with Crippen molar-refractivity contribution in [1.82, 2.24) is 0 Å².